The summed E-state index contributed by atoms with van der Waals surface area (Å²) in [6.45, 7) is 1.13. The van der Waals surface area contributed by atoms with Crippen molar-refractivity contribution in [2.24, 2.45) is 11.8 Å². The average molecular weight is 290 g/mol. The average Bonchev–Trinajstić information content (AvgIpc) is 2.52. The third-order valence-corrected chi connectivity index (χ3v) is 4.04. The molecule has 2 amide bonds. The van der Waals surface area contributed by atoms with E-state index in [1.165, 1.54) is 0 Å². The molecule has 0 aliphatic heterocycles. The molecule has 5 heteroatoms. The Labute approximate surface area is 124 Å². The van der Waals surface area contributed by atoms with Crippen molar-refractivity contribution < 1.29 is 14.7 Å². The lowest BCUT2D eigenvalue weighted by Gasteiger charge is -2.26. The second-order valence-electron chi connectivity index (χ2n) is 5.61. The Hall–Kier alpha value is -2.04. The van der Waals surface area contributed by atoms with Gasteiger partial charge in [0.25, 0.3) is 0 Å². The molecule has 0 heterocycles. The monoisotopic (exact) mass is 290 g/mol. The van der Waals surface area contributed by atoms with Crippen LogP contribution in [0, 0.1) is 11.8 Å². The van der Waals surface area contributed by atoms with Gasteiger partial charge in [-0.25, -0.2) is 4.79 Å². The molecule has 114 valence electrons. The van der Waals surface area contributed by atoms with Gasteiger partial charge >= 0.3 is 12.0 Å². The van der Waals surface area contributed by atoms with Gasteiger partial charge in [-0.2, -0.15) is 0 Å². The summed E-state index contributed by atoms with van der Waals surface area (Å²) in [7, 11) is 0. The number of benzene rings is 1. The zero-order chi connectivity index (χ0) is 15.1. The summed E-state index contributed by atoms with van der Waals surface area (Å²) in [5.41, 5.74) is 1.06. The Kier molecular flexibility index (Phi) is 5.60. The van der Waals surface area contributed by atoms with Gasteiger partial charge in [0.2, 0.25) is 0 Å². The predicted octanol–water partition coefficient (Wildman–Crippen LogP) is 2.38. The van der Waals surface area contributed by atoms with Crippen molar-refractivity contribution in [2.45, 2.75) is 32.2 Å². The molecule has 0 radical (unpaired) electrons. The van der Waals surface area contributed by atoms with Crippen molar-refractivity contribution in [3.63, 3.8) is 0 Å². The molecule has 0 spiro atoms. The van der Waals surface area contributed by atoms with Crippen molar-refractivity contribution in [2.75, 3.05) is 6.54 Å². The highest BCUT2D eigenvalue weighted by Crippen LogP contribution is 2.28. The van der Waals surface area contributed by atoms with Crippen molar-refractivity contribution in [1.29, 1.82) is 0 Å². The normalized spacial score (nSPS) is 21.5. The molecule has 1 aliphatic rings. The number of carbonyl (C=O) groups is 2. The zero-order valence-corrected chi connectivity index (χ0v) is 12.0. The molecular weight excluding hydrogens is 268 g/mol. The number of carboxylic acids is 1. The van der Waals surface area contributed by atoms with E-state index in [9.17, 15) is 9.59 Å². The predicted molar refractivity (Wildman–Crippen MR) is 79.8 cm³/mol. The SMILES string of the molecule is O=C(NCc1ccccc1)NCC1CCC(C(=O)O)CC1. The molecule has 0 atom stereocenters. The molecule has 1 aromatic rings. The first-order valence-electron chi connectivity index (χ1n) is 7.43. The fourth-order valence-electron chi connectivity index (χ4n) is 2.69. The molecule has 2 rings (SSSR count). The van der Waals surface area contributed by atoms with Crippen LogP contribution in [0.15, 0.2) is 30.3 Å². The number of aliphatic carboxylic acids is 1. The summed E-state index contributed by atoms with van der Waals surface area (Å²) in [4.78, 5) is 22.6. The maximum Gasteiger partial charge on any atom is 0.315 e. The largest absolute Gasteiger partial charge is 0.481 e. The molecule has 21 heavy (non-hydrogen) atoms. The van der Waals surface area contributed by atoms with Gasteiger partial charge in [-0.1, -0.05) is 30.3 Å². The third-order valence-electron chi connectivity index (χ3n) is 4.04. The topological polar surface area (TPSA) is 78.4 Å². The van der Waals surface area contributed by atoms with Gasteiger partial charge in [0.15, 0.2) is 0 Å². The maximum atomic E-state index is 11.7. The fourth-order valence-corrected chi connectivity index (χ4v) is 2.69. The highest BCUT2D eigenvalue weighted by Gasteiger charge is 2.25. The second-order valence-corrected chi connectivity index (χ2v) is 5.61. The summed E-state index contributed by atoms with van der Waals surface area (Å²) in [6.07, 6.45) is 3.17. The molecular formula is C16H22N2O3. The Morgan fingerprint density at radius 2 is 1.71 bits per heavy atom. The minimum atomic E-state index is -0.693. The molecule has 1 saturated carbocycles. The van der Waals surface area contributed by atoms with Crippen LogP contribution < -0.4 is 10.6 Å². The first kappa shape index (κ1) is 15.4. The zero-order valence-electron chi connectivity index (χ0n) is 12.0. The number of hydrogen-bond acceptors (Lipinski definition) is 2. The van der Waals surface area contributed by atoms with Crippen LogP contribution in [0.1, 0.15) is 31.2 Å². The molecule has 0 saturated heterocycles. The lowest BCUT2D eigenvalue weighted by atomic mass is 9.82. The van der Waals surface area contributed by atoms with E-state index in [1.54, 1.807) is 0 Å². The van der Waals surface area contributed by atoms with E-state index in [1.807, 2.05) is 30.3 Å². The Morgan fingerprint density at radius 1 is 1.05 bits per heavy atom. The first-order chi connectivity index (χ1) is 10.1. The van der Waals surface area contributed by atoms with Gasteiger partial charge in [0.05, 0.1) is 5.92 Å². The van der Waals surface area contributed by atoms with E-state index in [4.69, 9.17) is 5.11 Å². The first-order valence-corrected chi connectivity index (χ1v) is 7.43. The van der Waals surface area contributed by atoms with Crippen molar-refractivity contribution >= 4 is 12.0 Å². The smallest absolute Gasteiger partial charge is 0.315 e. The lowest BCUT2D eigenvalue weighted by Crippen LogP contribution is -2.38. The van der Waals surface area contributed by atoms with E-state index < -0.39 is 5.97 Å². The molecule has 0 bridgehead atoms. The van der Waals surface area contributed by atoms with Crippen LogP contribution in [0.3, 0.4) is 0 Å². The van der Waals surface area contributed by atoms with E-state index in [0.717, 1.165) is 18.4 Å². The number of nitrogens with one attached hydrogen (secondary N) is 2. The number of carboxylic acid groups (broad SMARTS) is 1. The van der Waals surface area contributed by atoms with Crippen LogP contribution in [0.5, 0.6) is 0 Å². The van der Waals surface area contributed by atoms with Crippen molar-refractivity contribution in [1.82, 2.24) is 10.6 Å². The fraction of sp³-hybridized carbons (Fsp3) is 0.500. The van der Waals surface area contributed by atoms with Gasteiger partial charge in [-0.3, -0.25) is 4.79 Å². The minimum absolute atomic E-state index is 0.167. The van der Waals surface area contributed by atoms with E-state index >= 15 is 0 Å². The highest BCUT2D eigenvalue weighted by atomic mass is 16.4. The summed E-state index contributed by atoms with van der Waals surface area (Å²) in [5.74, 6) is -0.502. The van der Waals surface area contributed by atoms with Crippen LogP contribution in [-0.2, 0) is 11.3 Å². The Bertz CT molecular complexity index is 468. The van der Waals surface area contributed by atoms with Gasteiger partial charge in [0, 0.05) is 13.1 Å². The highest BCUT2D eigenvalue weighted by molar-refractivity contribution is 5.73. The number of rotatable bonds is 5. The summed E-state index contributed by atoms with van der Waals surface area (Å²) < 4.78 is 0. The Balaban J connectivity index is 1.62. The molecule has 1 fully saturated rings. The summed E-state index contributed by atoms with van der Waals surface area (Å²) >= 11 is 0. The van der Waals surface area contributed by atoms with Gasteiger partial charge in [-0.05, 0) is 37.2 Å². The van der Waals surface area contributed by atoms with Crippen LogP contribution in [0.25, 0.3) is 0 Å². The molecule has 0 aromatic heterocycles. The molecule has 5 nitrogen and oxygen atoms in total. The molecule has 1 aromatic carbocycles. The van der Waals surface area contributed by atoms with E-state index in [-0.39, 0.29) is 11.9 Å². The number of urea groups is 1. The number of amides is 2. The molecule has 0 unspecified atom stereocenters. The summed E-state index contributed by atoms with van der Waals surface area (Å²) in [5, 5.41) is 14.6. The van der Waals surface area contributed by atoms with Crippen LogP contribution in [0.2, 0.25) is 0 Å². The van der Waals surface area contributed by atoms with Gasteiger partial charge < -0.3 is 15.7 Å². The van der Waals surface area contributed by atoms with E-state index in [2.05, 4.69) is 10.6 Å². The maximum absolute atomic E-state index is 11.7. The second kappa shape index (κ2) is 7.67. The third kappa shape index (κ3) is 5.10. The lowest BCUT2D eigenvalue weighted by molar-refractivity contribution is -0.143. The van der Waals surface area contributed by atoms with Crippen LogP contribution >= 0.6 is 0 Å². The Morgan fingerprint density at radius 3 is 2.33 bits per heavy atom. The molecule has 1 aliphatic carbocycles. The quantitative estimate of drug-likeness (QED) is 0.779. The van der Waals surface area contributed by atoms with Crippen molar-refractivity contribution in [3.05, 3.63) is 35.9 Å². The van der Waals surface area contributed by atoms with E-state index in [0.29, 0.717) is 31.8 Å². The van der Waals surface area contributed by atoms with Crippen molar-refractivity contribution in [3.8, 4) is 0 Å². The van der Waals surface area contributed by atoms with Crippen LogP contribution in [0.4, 0.5) is 4.79 Å². The van der Waals surface area contributed by atoms with Crippen LogP contribution in [-0.4, -0.2) is 23.7 Å². The number of carbonyl (C=O) groups excluding carboxylic acids is 1. The minimum Gasteiger partial charge on any atom is -0.481 e. The summed E-state index contributed by atoms with van der Waals surface area (Å²) in [6, 6.07) is 9.59. The molecule has 3 N–H and O–H groups in total. The standard InChI is InChI=1S/C16H22N2O3/c19-15(20)14-8-6-13(7-9-14)11-18-16(21)17-10-12-4-2-1-3-5-12/h1-5,13-14H,6-11H2,(H,19,20)(H2,17,18,21). The van der Waals surface area contributed by atoms with Gasteiger partial charge in [-0.15, -0.1) is 0 Å². The number of hydrogen-bond donors (Lipinski definition) is 3. The van der Waals surface area contributed by atoms with Gasteiger partial charge in [0.1, 0.15) is 0 Å².